The molecule has 0 aliphatic rings. The number of hydrogen-bond donors (Lipinski definition) is 0. The van der Waals surface area contributed by atoms with Gasteiger partial charge in [-0.3, -0.25) is 29.8 Å². The zero-order chi connectivity index (χ0) is 19.8. The summed E-state index contributed by atoms with van der Waals surface area (Å²) in [6.45, 7) is 5.67. The first-order valence-electron chi connectivity index (χ1n) is 6.98. The molecule has 0 atom stereocenters. The molecular formula is C14H12N2O6S4. The molecule has 2 aromatic heterocycles. The SMILES string of the molecule is CC(=O)c1sc(SSc2sc(C(C)=O)c(C)c2[N+](=O)[O-])c([N+](=O)[O-])c1C. The molecule has 0 saturated carbocycles. The Kier molecular flexibility index (Phi) is 6.21. The minimum Gasteiger partial charge on any atom is -0.294 e. The first-order valence-corrected chi connectivity index (χ1v) is 10.8. The number of carbonyl (C=O) groups is 2. The van der Waals surface area contributed by atoms with Crippen molar-refractivity contribution >= 4 is 67.2 Å². The van der Waals surface area contributed by atoms with Gasteiger partial charge in [0.2, 0.25) is 0 Å². The number of carbonyl (C=O) groups excluding carboxylic acids is 2. The molecule has 0 aliphatic heterocycles. The third kappa shape index (κ3) is 3.82. The van der Waals surface area contributed by atoms with Crippen LogP contribution < -0.4 is 0 Å². The van der Waals surface area contributed by atoms with Crippen molar-refractivity contribution < 1.29 is 19.4 Å². The number of rotatable bonds is 7. The maximum Gasteiger partial charge on any atom is 0.298 e. The van der Waals surface area contributed by atoms with Crippen LogP contribution in [0, 0.1) is 34.1 Å². The maximum absolute atomic E-state index is 11.6. The standard InChI is InChI=1S/C14H12N2O6S4/c1-5-9(15(19)20)13(23-11(5)7(3)17)25-26-14-10(16(21)22)6(2)12(24-14)8(4)18/h1-4H3. The minimum absolute atomic E-state index is 0.166. The molecule has 26 heavy (non-hydrogen) atoms. The summed E-state index contributed by atoms with van der Waals surface area (Å²) in [7, 11) is 1.96. The molecule has 2 aromatic rings. The lowest BCUT2D eigenvalue weighted by Gasteiger charge is -1.97. The van der Waals surface area contributed by atoms with Crippen molar-refractivity contribution in [2.24, 2.45) is 0 Å². The third-order valence-electron chi connectivity index (χ3n) is 3.37. The highest BCUT2D eigenvalue weighted by molar-refractivity contribution is 8.77. The largest absolute Gasteiger partial charge is 0.298 e. The van der Waals surface area contributed by atoms with Crippen molar-refractivity contribution in [3.05, 3.63) is 41.1 Å². The van der Waals surface area contributed by atoms with Crippen molar-refractivity contribution in [1.82, 2.24) is 0 Å². The molecule has 0 spiro atoms. The van der Waals surface area contributed by atoms with Crippen molar-refractivity contribution in [2.45, 2.75) is 36.1 Å². The van der Waals surface area contributed by atoms with E-state index in [1.165, 1.54) is 27.7 Å². The molecule has 0 saturated heterocycles. The van der Waals surface area contributed by atoms with E-state index in [1.54, 1.807) is 0 Å². The van der Waals surface area contributed by atoms with Crippen molar-refractivity contribution in [1.29, 1.82) is 0 Å². The van der Waals surface area contributed by atoms with Gasteiger partial charge in [0.05, 0.1) is 19.6 Å². The lowest BCUT2D eigenvalue weighted by molar-refractivity contribution is -0.387. The summed E-state index contributed by atoms with van der Waals surface area (Å²) in [5, 5.41) is 22.7. The molecular weight excluding hydrogens is 420 g/mol. The average Bonchev–Trinajstić information content (AvgIpc) is 3.02. The van der Waals surface area contributed by atoms with Gasteiger partial charge in [0.1, 0.15) is 0 Å². The Morgan fingerprint density at radius 2 is 1.12 bits per heavy atom. The fourth-order valence-corrected chi connectivity index (χ4v) is 7.74. The van der Waals surface area contributed by atoms with E-state index in [0.29, 0.717) is 9.75 Å². The highest BCUT2D eigenvalue weighted by Crippen LogP contribution is 2.53. The Hall–Kier alpha value is -1.76. The topological polar surface area (TPSA) is 120 Å². The molecule has 2 heterocycles. The van der Waals surface area contributed by atoms with Crippen LogP contribution in [0.15, 0.2) is 8.42 Å². The molecule has 0 unspecified atom stereocenters. The Morgan fingerprint density at radius 3 is 1.35 bits per heavy atom. The van der Waals surface area contributed by atoms with Gasteiger partial charge in [0.25, 0.3) is 11.4 Å². The van der Waals surface area contributed by atoms with E-state index in [2.05, 4.69) is 0 Å². The van der Waals surface area contributed by atoms with Crippen LogP contribution in [0.3, 0.4) is 0 Å². The molecule has 12 heteroatoms. The van der Waals surface area contributed by atoms with Crippen molar-refractivity contribution in [2.75, 3.05) is 0 Å². The van der Waals surface area contributed by atoms with Crippen molar-refractivity contribution in [3.63, 3.8) is 0 Å². The molecule has 2 rings (SSSR count). The van der Waals surface area contributed by atoms with E-state index >= 15 is 0 Å². The fourth-order valence-electron chi connectivity index (χ4n) is 2.24. The van der Waals surface area contributed by atoms with Gasteiger partial charge in [-0.05, 0) is 49.3 Å². The summed E-state index contributed by atoms with van der Waals surface area (Å²) in [6.07, 6.45) is 0. The van der Waals surface area contributed by atoms with Crippen LogP contribution in [0.4, 0.5) is 11.4 Å². The summed E-state index contributed by atoms with van der Waals surface area (Å²) in [6, 6.07) is 0. The zero-order valence-electron chi connectivity index (χ0n) is 14.0. The predicted octanol–water partition coefficient (Wildman–Crippen LogP) is 5.45. The summed E-state index contributed by atoms with van der Waals surface area (Å²) in [5.41, 5.74) is 0.245. The Bertz CT molecular complexity index is 870. The first-order chi connectivity index (χ1) is 12.1. The molecule has 0 aromatic carbocycles. The van der Waals surface area contributed by atoms with Gasteiger partial charge in [-0.15, -0.1) is 22.7 Å². The van der Waals surface area contributed by atoms with E-state index in [0.717, 1.165) is 44.3 Å². The summed E-state index contributed by atoms with van der Waals surface area (Å²) in [5.74, 6) is -0.548. The molecule has 138 valence electrons. The highest BCUT2D eigenvalue weighted by Gasteiger charge is 2.30. The average molecular weight is 433 g/mol. The van der Waals surface area contributed by atoms with E-state index in [1.807, 2.05) is 0 Å². The van der Waals surface area contributed by atoms with Crippen LogP contribution in [0.1, 0.15) is 44.3 Å². The first kappa shape index (κ1) is 20.6. The second kappa shape index (κ2) is 7.86. The molecule has 0 fully saturated rings. The lowest BCUT2D eigenvalue weighted by Crippen LogP contribution is -1.94. The van der Waals surface area contributed by atoms with Crippen LogP contribution in [0.5, 0.6) is 0 Å². The summed E-state index contributed by atoms with van der Waals surface area (Å²) in [4.78, 5) is 45.4. The number of nitro groups is 2. The van der Waals surface area contributed by atoms with Gasteiger partial charge in [0.15, 0.2) is 20.0 Å². The molecule has 0 radical (unpaired) electrons. The lowest BCUT2D eigenvalue weighted by atomic mass is 10.2. The molecule has 0 bridgehead atoms. The third-order valence-corrected chi connectivity index (χ3v) is 9.37. The molecule has 0 N–H and O–H groups in total. The van der Waals surface area contributed by atoms with Gasteiger partial charge in [-0.25, -0.2) is 0 Å². The maximum atomic E-state index is 11.6. The second-order valence-corrected chi connectivity index (χ2v) is 9.89. The molecule has 8 nitrogen and oxygen atoms in total. The van der Waals surface area contributed by atoms with Crippen molar-refractivity contribution in [3.8, 4) is 0 Å². The summed E-state index contributed by atoms with van der Waals surface area (Å²) >= 11 is 1.98. The van der Waals surface area contributed by atoms with Gasteiger partial charge < -0.3 is 0 Å². The Balaban J connectivity index is 2.44. The number of Topliss-reactive ketones (excluding diaryl/α,β-unsaturated/α-hetero) is 2. The molecule has 0 amide bonds. The zero-order valence-corrected chi connectivity index (χ0v) is 17.2. The fraction of sp³-hybridized carbons (Fsp3) is 0.286. The van der Waals surface area contributed by atoms with E-state index in [-0.39, 0.29) is 42.5 Å². The van der Waals surface area contributed by atoms with Gasteiger partial charge in [0, 0.05) is 11.1 Å². The van der Waals surface area contributed by atoms with Gasteiger partial charge in [-0.1, -0.05) is 0 Å². The van der Waals surface area contributed by atoms with Crippen LogP contribution in [0.2, 0.25) is 0 Å². The Labute approximate surface area is 163 Å². The monoisotopic (exact) mass is 432 g/mol. The second-order valence-electron chi connectivity index (χ2n) is 5.18. The number of ketones is 2. The van der Waals surface area contributed by atoms with E-state index in [9.17, 15) is 29.8 Å². The predicted molar refractivity (Wildman–Crippen MR) is 103 cm³/mol. The summed E-state index contributed by atoms with van der Waals surface area (Å²) < 4.78 is 0.569. The number of nitrogens with zero attached hydrogens (tertiary/aromatic N) is 2. The van der Waals surface area contributed by atoms with E-state index in [4.69, 9.17) is 0 Å². The van der Waals surface area contributed by atoms with Gasteiger partial charge in [-0.2, -0.15) is 0 Å². The smallest absolute Gasteiger partial charge is 0.294 e. The van der Waals surface area contributed by atoms with Crippen LogP contribution in [-0.2, 0) is 0 Å². The minimum atomic E-state index is -0.559. The highest BCUT2D eigenvalue weighted by atomic mass is 33.1. The van der Waals surface area contributed by atoms with Crippen LogP contribution in [-0.4, -0.2) is 21.4 Å². The normalized spacial score (nSPS) is 10.8. The number of hydrogen-bond acceptors (Lipinski definition) is 10. The Morgan fingerprint density at radius 1 is 0.808 bits per heavy atom. The van der Waals surface area contributed by atoms with Crippen LogP contribution in [0.25, 0.3) is 0 Å². The molecule has 0 aliphatic carbocycles. The van der Waals surface area contributed by atoms with Crippen LogP contribution >= 0.6 is 44.3 Å². The van der Waals surface area contributed by atoms with E-state index < -0.39 is 9.85 Å². The van der Waals surface area contributed by atoms with Gasteiger partial charge >= 0.3 is 0 Å². The quantitative estimate of drug-likeness (QED) is 0.245. The number of thiophene rings is 2.